The maximum absolute atomic E-state index is 13.0. The molecule has 1 saturated heterocycles. The van der Waals surface area contributed by atoms with Gasteiger partial charge in [0.15, 0.2) is 0 Å². The largest absolute Gasteiger partial charge is 0.497 e. The lowest BCUT2D eigenvalue weighted by atomic mass is 9.96. The van der Waals surface area contributed by atoms with Crippen LogP contribution in [0.5, 0.6) is 5.75 Å². The molecule has 2 heterocycles. The number of carbonyl (C=O) groups is 1. The third-order valence-electron chi connectivity index (χ3n) is 5.44. The molecule has 1 aromatic carbocycles. The van der Waals surface area contributed by atoms with E-state index in [4.69, 9.17) is 4.74 Å². The van der Waals surface area contributed by atoms with Crippen molar-refractivity contribution in [1.29, 1.82) is 0 Å². The quantitative estimate of drug-likeness (QED) is 0.736. The molecule has 1 N–H and O–H groups in total. The van der Waals surface area contributed by atoms with Gasteiger partial charge >= 0.3 is 0 Å². The Kier molecular flexibility index (Phi) is 6.59. The smallest absolute Gasteiger partial charge is 0.224 e. The third-order valence-corrected chi connectivity index (χ3v) is 7.32. The monoisotopic (exact) mass is 420 g/mol. The first kappa shape index (κ1) is 21.3. The maximum atomic E-state index is 13.0. The Labute approximate surface area is 171 Å². The van der Waals surface area contributed by atoms with Crippen molar-refractivity contribution in [1.82, 2.24) is 19.2 Å². The van der Waals surface area contributed by atoms with E-state index in [0.29, 0.717) is 25.9 Å². The van der Waals surface area contributed by atoms with Gasteiger partial charge in [0.05, 0.1) is 12.9 Å². The predicted molar refractivity (Wildman–Crippen MR) is 110 cm³/mol. The highest BCUT2D eigenvalue weighted by atomic mass is 32.2. The molecule has 1 amide bonds. The Hall–Kier alpha value is -2.39. The first-order valence-corrected chi connectivity index (χ1v) is 11.4. The SMILES string of the molecule is CCS(=O)(=O)N1CCC(C(=O)NC(c2ccc(OC)cc2)c2nccn2C)CC1. The van der Waals surface area contributed by atoms with Gasteiger partial charge in [-0.2, -0.15) is 0 Å². The standard InChI is InChI=1S/C20H28N4O4S/c1-4-29(26,27)24-12-9-16(10-13-24)20(25)22-18(19-21-11-14-23(19)2)15-5-7-17(28-3)8-6-15/h5-8,11,14,16,18H,4,9-10,12-13H2,1-3H3,(H,22,25). The van der Waals surface area contributed by atoms with E-state index in [-0.39, 0.29) is 17.6 Å². The highest BCUT2D eigenvalue weighted by molar-refractivity contribution is 7.89. The van der Waals surface area contributed by atoms with Crippen LogP contribution >= 0.6 is 0 Å². The number of hydrogen-bond acceptors (Lipinski definition) is 5. The number of nitrogens with one attached hydrogen (secondary N) is 1. The number of aryl methyl sites for hydroxylation is 1. The number of aromatic nitrogens is 2. The zero-order valence-electron chi connectivity index (χ0n) is 17.0. The number of imidazole rings is 1. The van der Waals surface area contributed by atoms with Gasteiger partial charge in [0.1, 0.15) is 17.6 Å². The molecule has 9 heteroatoms. The van der Waals surface area contributed by atoms with Gasteiger partial charge in [0.25, 0.3) is 0 Å². The summed E-state index contributed by atoms with van der Waals surface area (Å²) in [5.41, 5.74) is 0.902. The minimum atomic E-state index is -3.21. The van der Waals surface area contributed by atoms with Crippen LogP contribution in [-0.4, -0.2) is 54.1 Å². The summed E-state index contributed by atoms with van der Waals surface area (Å²) in [5, 5.41) is 3.12. The molecule has 2 aromatic rings. The van der Waals surface area contributed by atoms with Crippen molar-refractivity contribution < 1.29 is 17.9 Å². The van der Waals surface area contributed by atoms with Gasteiger partial charge < -0.3 is 14.6 Å². The van der Waals surface area contributed by atoms with Crippen molar-refractivity contribution >= 4 is 15.9 Å². The molecule has 1 fully saturated rings. The van der Waals surface area contributed by atoms with Gasteiger partial charge in [0, 0.05) is 38.4 Å². The summed E-state index contributed by atoms with van der Waals surface area (Å²) in [6.07, 6.45) is 4.57. The second-order valence-corrected chi connectivity index (χ2v) is 9.44. The lowest BCUT2D eigenvalue weighted by molar-refractivity contribution is -0.126. The number of rotatable bonds is 7. The predicted octanol–water partition coefficient (Wildman–Crippen LogP) is 1.70. The van der Waals surface area contributed by atoms with Crippen LogP contribution in [0.4, 0.5) is 0 Å². The average molecular weight is 421 g/mol. The Morgan fingerprint density at radius 1 is 1.28 bits per heavy atom. The number of sulfonamides is 1. The number of nitrogens with zero attached hydrogens (tertiary/aromatic N) is 3. The molecule has 1 unspecified atom stereocenters. The molecule has 0 saturated carbocycles. The lowest BCUT2D eigenvalue weighted by Crippen LogP contribution is -2.44. The highest BCUT2D eigenvalue weighted by Crippen LogP contribution is 2.26. The topological polar surface area (TPSA) is 93.5 Å². The number of methoxy groups -OCH3 is 1. The molecular weight excluding hydrogens is 392 g/mol. The second kappa shape index (κ2) is 8.96. The molecule has 158 valence electrons. The van der Waals surface area contributed by atoms with E-state index >= 15 is 0 Å². The Bertz CT molecular complexity index is 932. The van der Waals surface area contributed by atoms with Gasteiger partial charge in [-0.15, -0.1) is 0 Å². The summed E-state index contributed by atoms with van der Waals surface area (Å²) >= 11 is 0. The average Bonchev–Trinajstić information content (AvgIpc) is 3.17. The van der Waals surface area contributed by atoms with E-state index in [1.165, 1.54) is 4.31 Å². The molecule has 8 nitrogen and oxygen atoms in total. The summed E-state index contributed by atoms with van der Waals surface area (Å²) in [6.45, 7) is 2.40. The summed E-state index contributed by atoms with van der Waals surface area (Å²) < 4.78 is 32.7. The van der Waals surface area contributed by atoms with E-state index in [1.54, 1.807) is 20.2 Å². The van der Waals surface area contributed by atoms with E-state index in [1.807, 2.05) is 42.1 Å². The van der Waals surface area contributed by atoms with Crippen LogP contribution < -0.4 is 10.1 Å². The van der Waals surface area contributed by atoms with Crippen molar-refractivity contribution in [2.24, 2.45) is 13.0 Å². The number of carbonyl (C=O) groups excluding carboxylic acids is 1. The maximum Gasteiger partial charge on any atom is 0.224 e. The summed E-state index contributed by atoms with van der Waals surface area (Å²) in [6, 6.07) is 7.13. The Morgan fingerprint density at radius 3 is 2.45 bits per heavy atom. The molecule has 3 rings (SSSR count). The molecule has 1 aliphatic rings. The van der Waals surface area contributed by atoms with Crippen molar-refractivity contribution in [2.45, 2.75) is 25.8 Å². The molecule has 1 atom stereocenters. The van der Waals surface area contributed by atoms with Crippen LogP contribution in [0.2, 0.25) is 0 Å². The zero-order chi connectivity index (χ0) is 21.0. The van der Waals surface area contributed by atoms with Gasteiger partial charge in [-0.3, -0.25) is 4.79 Å². The molecule has 1 aliphatic heterocycles. The van der Waals surface area contributed by atoms with E-state index in [9.17, 15) is 13.2 Å². The summed E-state index contributed by atoms with van der Waals surface area (Å²) in [5.74, 6) is 1.25. The molecule has 29 heavy (non-hydrogen) atoms. The first-order valence-electron chi connectivity index (χ1n) is 9.75. The van der Waals surface area contributed by atoms with Crippen LogP contribution in [0, 0.1) is 5.92 Å². The fraction of sp³-hybridized carbons (Fsp3) is 0.500. The van der Waals surface area contributed by atoms with E-state index in [2.05, 4.69) is 10.3 Å². The van der Waals surface area contributed by atoms with Crippen molar-refractivity contribution in [2.75, 3.05) is 26.0 Å². The fourth-order valence-corrected chi connectivity index (χ4v) is 4.72. The summed E-state index contributed by atoms with van der Waals surface area (Å²) in [7, 11) is 0.290. The van der Waals surface area contributed by atoms with Gasteiger partial charge in [-0.05, 0) is 37.5 Å². The third kappa shape index (κ3) is 4.79. The van der Waals surface area contributed by atoms with Crippen molar-refractivity contribution in [3.8, 4) is 5.75 Å². The minimum Gasteiger partial charge on any atom is -0.497 e. The van der Waals surface area contributed by atoms with Crippen LogP contribution in [-0.2, 0) is 21.9 Å². The number of ether oxygens (including phenoxy) is 1. The minimum absolute atomic E-state index is 0.0811. The molecule has 0 radical (unpaired) electrons. The molecule has 0 aliphatic carbocycles. The Morgan fingerprint density at radius 2 is 1.93 bits per heavy atom. The van der Waals surface area contributed by atoms with Crippen LogP contribution in [0.15, 0.2) is 36.7 Å². The molecular formula is C20H28N4O4S. The fourth-order valence-electron chi connectivity index (χ4n) is 3.59. The molecule has 0 bridgehead atoms. The second-order valence-electron chi connectivity index (χ2n) is 7.18. The number of benzene rings is 1. The number of hydrogen-bond donors (Lipinski definition) is 1. The Balaban J connectivity index is 1.74. The van der Waals surface area contributed by atoms with E-state index < -0.39 is 16.1 Å². The normalized spacial score (nSPS) is 17.1. The van der Waals surface area contributed by atoms with Gasteiger partial charge in [0.2, 0.25) is 15.9 Å². The van der Waals surface area contributed by atoms with Crippen molar-refractivity contribution in [3.63, 3.8) is 0 Å². The van der Waals surface area contributed by atoms with Crippen LogP contribution in [0.1, 0.15) is 37.2 Å². The summed E-state index contributed by atoms with van der Waals surface area (Å²) in [4.78, 5) is 17.4. The van der Waals surface area contributed by atoms with Crippen LogP contribution in [0.25, 0.3) is 0 Å². The molecule has 0 spiro atoms. The van der Waals surface area contributed by atoms with Crippen LogP contribution in [0.3, 0.4) is 0 Å². The van der Waals surface area contributed by atoms with Crippen molar-refractivity contribution in [3.05, 3.63) is 48.0 Å². The molecule has 1 aromatic heterocycles. The first-order chi connectivity index (χ1) is 13.9. The van der Waals surface area contributed by atoms with Gasteiger partial charge in [-0.1, -0.05) is 12.1 Å². The van der Waals surface area contributed by atoms with E-state index in [0.717, 1.165) is 17.1 Å². The number of piperidine rings is 1. The highest BCUT2D eigenvalue weighted by Gasteiger charge is 2.32. The van der Waals surface area contributed by atoms with Gasteiger partial charge in [-0.25, -0.2) is 17.7 Å². The lowest BCUT2D eigenvalue weighted by Gasteiger charge is -2.31. The number of amides is 1. The zero-order valence-corrected chi connectivity index (χ0v) is 17.9.